The summed E-state index contributed by atoms with van der Waals surface area (Å²) in [5.41, 5.74) is 3.47. The first-order valence-corrected chi connectivity index (χ1v) is 11.6. The van der Waals surface area contributed by atoms with Gasteiger partial charge in [-0.1, -0.05) is 55.5 Å². The van der Waals surface area contributed by atoms with Crippen LogP contribution in [-0.4, -0.2) is 55.0 Å². The molecule has 0 radical (unpaired) electrons. The molecular weight excluding hydrogens is 436 g/mol. The standard InChI is InChI=1S/C26H30N2O6/c1-3-26(2,24(30)31)15-27-23(29)22-21(12-13-33-22)28-25(32)34-14-20-18-10-6-4-8-16(18)17-9-5-7-11-19(17)20/h4-11,20-22H,3,12-15H2,1-2H3,(H,27,29)(H,28,32)(H,30,31)/t21-,22+,26?/m0/s1. The minimum absolute atomic E-state index is 0.0187. The number of nitrogens with one attached hydrogen (secondary N) is 2. The van der Waals surface area contributed by atoms with Crippen LogP contribution in [0.3, 0.4) is 0 Å². The molecule has 0 saturated carbocycles. The molecule has 0 bridgehead atoms. The monoisotopic (exact) mass is 466 g/mol. The van der Waals surface area contributed by atoms with Crippen molar-refractivity contribution in [3.05, 3.63) is 59.7 Å². The maximum atomic E-state index is 12.6. The van der Waals surface area contributed by atoms with Gasteiger partial charge in [0.1, 0.15) is 6.61 Å². The van der Waals surface area contributed by atoms with Gasteiger partial charge >= 0.3 is 12.1 Å². The van der Waals surface area contributed by atoms with Gasteiger partial charge in [0.25, 0.3) is 5.91 Å². The van der Waals surface area contributed by atoms with Crippen molar-refractivity contribution in [1.82, 2.24) is 10.6 Å². The summed E-state index contributed by atoms with van der Waals surface area (Å²) < 4.78 is 11.1. The van der Waals surface area contributed by atoms with E-state index in [1.54, 1.807) is 13.8 Å². The third kappa shape index (κ3) is 4.63. The number of hydrogen-bond donors (Lipinski definition) is 3. The second-order valence-electron chi connectivity index (χ2n) is 9.09. The van der Waals surface area contributed by atoms with Crippen molar-refractivity contribution in [3.63, 3.8) is 0 Å². The Morgan fingerprint density at radius 3 is 2.29 bits per heavy atom. The summed E-state index contributed by atoms with van der Waals surface area (Å²) in [6.07, 6.45) is -0.670. The van der Waals surface area contributed by atoms with E-state index in [2.05, 4.69) is 22.8 Å². The number of carboxylic acids is 1. The molecule has 34 heavy (non-hydrogen) atoms. The van der Waals surface area contributed by atoms with Crippen LogP contribution in [-0.2, 0) is 19.1 Å². The summed E-state index contributed by atoms with van der Waals surface area (Å²) in [5, 5.41) is 14.8. The van der Waals surface area contributed by atoms with Crippen molar-refractivity contribution in [2.75, 3.05) is 19.8 Å². The molecule has 1 aliphatic heterocycles. The van der Waals surface area contributed by atoms with E-state index < -0.39 is 35.5 Å². The van der Waals surface area contributed by atoms with Crippen LogP contribution in [0.2, 0.25) is 0 Å². The first kappa shape index (κ1) is 23.8. The Morgan fingerprint density at radius 1 is 1.09 bits per heavy atom. The average molecular weight is 467 g/mol. The minimum Gasteiger partial charge on any atom is -0.481 e. The van der Waals surface area contributed by atoms with E-state index in [4.69, 9.17) is 9.47 Å². The van der Waals surface area contributed by atoms with Crippen LogP contribution >= 0.6 is 0 Å². The number of rotatable bonds is 8. The highest BCUT2D eigenvalue weighted by molar-refractivity contribution is 5.84. The minimum atomic E-state index is -1.07. The number of amides is 2. The van der Waals surface area contributed by atoms with Gasteiger partial charge in [0.05, 0.1) is 11.5 Å². The molecule has 2 aromatic rings. The maximum Gasteiger partial charge on any atom is 0.407 e. The quantitative estimate of drug-likeness (QED) is 0.550. The molecule has 3 N–H and O–H groups in total. The molecule has 2 aromatic carbocycles. The zero-order chi connectivity index (χ0) is 24.3. The normalized spacial score (nSPS) is 20.6. The van der Waals surface area contributed by atoms with E-state index in [9.17, 15) is 19.5 Å². The summed E-state index contributed by atoms with van der Waals surface area (Å²) in [6.45, 7) is 3.81. The summed E-state index contributed by atoms with van der Waals surface area (Å²) in [4.78, 5) is 36.7. The molecule has 3 atom stereocenters. The third-order valence-corrected chi connectivity index (χ3v) is 6.95. The molecular formula is C26H30N2O6. The fourth-order valence-electron chi connectivity index (χ4n) is 4.52. The fourth-order valence-corrected chi connectivity index (χ4v) is 4.52. The third-order valence-electron chi connectivity index (χ3n) is 6.95. The summed E-state index contributed by atoms with van der Waals surface area (Å²) in [6, 6.07) is 15.6. The molecule has 0 spiro atoms. The number of carbonyl (C=O) groups is 3. The Bertz CT molecular complexity index is 1040. The summed E-state index contributed by atoms with van der Waals surface area (Å²) >= 11 is 0. The van der Waals surface area contributed by atoms with Gasteiger partial charge in [-0.2, -0.15) is 0 Å². The Hall–Kier alpha value is -3.39. The lowest BCUT2D eigenvalue weighted by atomic mass is 9.87. The van der Waals surface area contributed by atoms with Gasteiger partial charge in [-0.25, -0.2) is 4.79 Å². The molecule has 1 fully saturated rings. The fraction of sp³-hybridized carbons (Fsp3) is 0.423. The molecule has 1 saturated heterocycles. The number of alkyl carbamates (subject to hydrolysis) is 1. The topological polar surface area (TPSA) is 114 Å². The van der Waals surface area contributed by atoms with Crippen LogP contribution in [0.1, 0.15) is 43.7 Å². The summed E-state index contributed by atoms with van der Waals surface area (Å²) in [7, 11) is 0. The Morgan fingerprint density at radius 2 is 1.71 bits per heavy atom. The highest BCUT2D eigenvalue weighted by atomic mass is 16.6. The number of benzene rings is 2. The smallest absolute Gasteiger partial charge is 0.407 e. The molecule has 1 heterocycles. The van der Waals surface area contributed by atoms with E-state index in [1.807, 2.05) is 36.4 Å². The molecule has 1 aliphatic carbocycles. The van der Waals surface area contributed by atoms with Gasteiger partial charge in [0, 0.05) is 19.1 Å². The van der Waals surface area contributed by atoms with Crippen LogP contribution < -0.4 is 10.6 Å². The van der Waals surface area contributed by atoms with Crippen LogP contribution in [0.4, 0.5) is 4.79 Å². The Labute approximate surface area is 198 Å². The molecule has 2 aliphatic rings. The van der Waals surface area contributed by atoms with Gasteiger partial charge in [-0.15, -0.1) is 0 Å². The zero-order valence-corrected chi connectivity index (χ0v) is 19.4. The van der Waals surface area contributed by atoms with Crippen LogP contribution in [0.5, 0.6) is 0 Å². The zero-order valence-electron chi connectivity index (χ0n) is 19.4. The maximum absolute atomic E-state index is 12.6. The van der Waals surface area contributed by atoms with E-state index in [-0.39, 0.29) is 19.1 Å². The second kappa shape index (κ2) is 9.85. The lowest BCUT2D eigenvalue weighted by Crippen LogP contribution is -2.51. The second-order valence-corrected chi connectivity index (χ2v) is 9.09. The lowest BCUT2D eigenvalue weighted by Gasteiger charge is -2.25. The van der Waals surface area contributed by atoms with Gasteiger partial charge in [-0.3, -0.25) is 9.59 Å². The SMILES string of the molecule is CCC(C)(CNC(=O)[C@@H]1OCC[C@@H]1NC(=O)OCC1c2ccccc2-c2ccccc21)C(=O)O. The van der Waals surface area contributed by atoms with Crippen LogP contribution in [0.25, 0.3) is 11.1 Å². The largest absolute Gasteiger partial charge is 0.481 e. The first-order valence-electron chi connectivity index (χ1n) is 11.6. The molecule has 0 aromatic heterocycles. The van der Waals surface area contributed by atoms with Crippen molar-refractivity contribution in [1.29, 1.82) is 0 Å². The van der Waals surface area contributed by atoms with Gasteiger partial charge in [0.15, 0.2) is 6.10 Å². The number of fused-ring (bicyclic) bond motifs is 3. The van der Waals surface area contributed by atoms with Crippen molar-refractivity contribution in [3.8, 4) is 11.1 Å². The predicted molar refractivity (Wildman–Crippen MR) is 125 cm³/mol. The van der Waals surface area contributed by atoms with E-state index in [0.29, 0.717) is 19.4 Å². The van der Waals surface area contributed by atoms with Crippen LogP contribution in [0, 0.1) is 5.41 Å². The number of aliphatic carboxylic acids is 1. The Balaban J connectivity index is 1.34. The summed E-state index contributed by atoms with van der Waals surface area (Å²) in [5.74, 6) is -1.47. The van der Waals surface area contributed by atoms with Crippen molar-refractivity contribution in [2.45, 2.75) is 44.8 Å². The van der Waals surface area contributed by atoms with Gasteiger partial charge in [-0.05, 0) is 42.0 Å². The van der Waals surface area contributed by atoms with Gasteiger partial charge < -0.3 is 25.2 Å². The number of ether oxygens (including phenoxy) is 2. The highest BCUT2D eigenvalue weighted by Crippen LogP contribution is 2.44. The van der Waals surface area contributed by atoms with E-state index >= 15 is 0 Å². The number of hydrogen-bond acceptors (Lipinski definition) is 5. The molecule has 8 heteroatoms. The van der Waals surface area contributed by atoms with Crippen molar-refractivity contribution < 1.29 is 29.0 Å². The lowest BCUT2D eigenvalue weighted by molar-refractivity contribution is -0.148. The van der Waals surface area contributed by atoms with Crippen molar-refractivity contribution in [2.24, 2.45) is 5.41 Å². The first-order chi connectivity index (χ1) is 16.3. The predicted octanol–water partition coefficient (Wildman–Crippen LogP) is 3.30. The Kier molecular flexibility index (Phi) is 6.88. The highest BCUT2D eigenvalue weighted by Gasteiger charge is 2.38. The van der Waals surface area contributed by atoms with Crippen molar-refractivity contribution >= 4 is 18.0 Å². The van der Waals surface area contributed by atoms with E-state index in [1.165, 1.54) is 0 Å². The molecule has 180 valence electrons. The number of carboxylic acid groups (broad SMARTS) is 1. The van der Waals surface area contributed by atoms with E-state index in [0.717, 1.165) is 22.3 Å². The molecule has 8 nitrogen and oxygen atoms in total. The average Bonchev–Trinajstić information content (AvgIpc) is 3.43. The molecule has 2 amide bonds. The van der Waals surface area contributed by atoms with Gasteiger partial charge in [0.2, 0.25) is 0 Å². The van der Waals surface area contributed by atoms with Crippen LogP contribution in [0.15, 0.2) is 48.5 Å². The molecule has 1 unspecified atom stereocenters. The molecule has 4 rings (SSSR count). The number of carbonyl (C=O) groups excluding carboxylic acids is 2.